The number of ketones is 1. The quantitative estimate of drug-likeness (QED) is 0.827. The van der Waals surface area contributed by atoms with Crippen LogP contribution in [0.2, 0.25) is 0 Å². The smallest absolute Gasteiger partial charge is 0.189 e. The molecule has 2 heterocycles. The summed E-state index contributed by atoms with van der Waals surface area (Å²) in [5.41, 5.74) is 0.612. The topological polar surface area (TPSA) is 56.2 Å². The van der Waals surface area contributed by atoms with Crippen molar-refractivity contribution in [3.8, 4) is 5.75 Å². The molecule has 1 fully saturated rings. The van der Waals surface area contributed by atoms with Crippen LogP contribution in [-0.2, 0) is 0 Å². The number of nitrogens with one attached hydrogen (secondary N) is 1. The van der Waals surface area contributed by atoms with Gasteiger partial charge in [0.2, 0.25) is 0 Å². The number of Topliss-reactive ketones (excluding diaryl/α,β-unsaturated/α-hetero) is 1. The van der Waals surface area contributed by atoms with E-state index in [9.17, 15) is 4.79 Å². The Labute approximate surface area is 108 Å². The Morgan fingerprint density at radius 1 is 1.61 bits per heavy atom. The molecule has 0 saturated carbocycles. The van der Waals surface area contributed by atoms with Crippen LogP contribution in [0.25, 0.3) is 0 Å². The molecule has 5 nitrogen and oxygen atoms in total. The molecule has 1 aromatic heterocycles. The van der Waals surface area contributed by atoms with Crippen LogP contribution in [0.1, 0.15) is 43.2 Å². The van der Waals surface area contributed by atoms with Crippen LogP contribution < -0.4 is 10.1 Å². The van der Waals surface area contributed by atoms with Gasteiger partial charge in [-0.05, 0) is 33.2 Å². The number of ether oxygens (including phenoxy) is 1. The van der Waals surface area contributed by atoms with Gasteiger partial charge in [-0.1, -0.05) is 0 Å². The Morgan fingerprint density at radius 3 is 2.94 bits per heavy atom. The molecule has 2 rings (SSSR count). The Balaban J connectivity index is 2.29. The zero-order valence-electron chi connectivity index (χ0n) is 11.3. The van der Waals surface area contributed by atoms with E-state index < -0.39 is 0 Å². The number of hydrogen-bond donors (Lipinski definition) is 1. The first kappa shape index (κ1) is 13.1. The molecule has 1 atom stereocenters. The highest BCUT2D eigenvalue weighted by atomic mass is 16.5. The summed E-state index contributed by atoms with van der Waals surface area (Å²) in [6.45, 7) is 5.79. The monoisotopic (exact) mass is 251 g/mol. The van der Waals surface area contributed by atoms with Gasteiger partial charge < -0.3 is 10.1 Å². The number of aromatic nitrogens is 2. The van der Waals surface area contributed by atoms with E-state index in [1.165, 1.54) is 0 Å². The number of hydrogen-bond acceptors (Lipinski definition) is 4. The van der Waals surface area contributed by atoms with Crippen LogP contribution in [-0.4, -0.2) is 35.8 Å². The summed E-state index contributed by atoms with van der Waals surface area (Å²) in [7, 11) is 1.58. The van der Waals surface area contributed by atoms with Crippen molar-refractivity contribution in [2.45, 2.75) is 32.7 Å². The molecule has 1 saturated heterocycles. The summed E-state index contributed by atoms with van der Waals surface area (Å²) in [5.74, 6) is 0.770. The highest BCUT2D eigenvalue weighted by molar-refractivity contribution is 5.99. The van der Waals surface area contributed by atoms with E-state index in [-0.39, 0.29) is 17.7 Å². The van der Waals surface area contributed by atoms with Gasteiger partial charge in [-0.3, -0.25) is 9.48 Å². The predicted molar refractivity (Wildman–Crippen MR) is 69.1 cm³/mol. The minimum absolute atomic E-state index is 0.0434. The number of rotatable bonds is 4. The molecule has 1 aliphatic rings. The second-order valence-corrected chi connectivity index (χ2v) is 5.01. The number of carbonyl (C=O) groups excluding carboxylic acids is 1. The third-order valence-corrected chi connectivity index (χ3v) is 3.37. The maximum atomic E-state index is 12.6. The first-order valence-electron chi connectivity index (χ1n) is 6.51. The van der Waals surface area contributed by atoms with Gasteiger partial charge in [0, 0.05) is 18.5 Å². The predicted octanol–water partition coefficient (Wildman–Crippen LogP) is 1.65. The van der Waals surface area contributed by atoms with Gasteiger partial charge in [-0.2, -0.15) is 5.10 Å². The molecule has 0 aliphatic carbocycles. The SMILES string of the molecule is COc1cnn(C(C)C)c1C(=O)C1CCCNC1. The molecule has 1 aromatic rings. The van der Waals surface area contributed by atoms with Gasteiger partial charge in [-0.15, -0.1) is 0 Å². The lowest BCUT2D eigenvalue weighted by Crippen LogP contribution is -2.35. The van der Waals surface area contributed by atoms with Crippen LogP contribution in [0.5, 0.6) is 5.75 Å². The zero-order valence-corrected chi connectivity index (χ0v) is 11.3. The van der Waals surface area contributed by atoms with Gasteiger partial charge in [-0.25, -0.2) is 0 Å². The average Bonchev–Trinajstić information content (AvgIpc) is 2.82. The summed E-state index contributed by atoms with van der Waals surface area (Å²) in [6, 6.07) is 0.157. The van der Waals surface area contributed by atoms with Crippen LogP contribution in [0.15, 0.2) is 6.20 Å². The van der Waals surface area contributed by atoms with E-state index >= 15 is 0 Å². The van der Waals surface area contributed by atoms with Gasteiger partial charge in [0.05, 0.1) is 13.3 Å². The average molecular weight is 251 g/mol. The Bertz CT molecular complexity index is 420. The van der Waals surface area contributed by atoms with Gasteiger partial charge in [0.15, 0.2) is 11.5 Å². The Kier molecular flexibility index (Phi) is 4.01. The Hall–Kier alpha value is -1.36. The third-order valence-electron chi connectivity index (χ3n) is 3.37. The molecular formula is C13H21N3O2. The molecule has 0 aromatic carbocycles. The highest BCUT2D eigenvalue weighted by Crippen LogP contribution is 2.26. The van der Waals surface area contributed by atoms with E-state index in [1.807, 2.05) is 13.8 Å². The van der Waals surface area contributed by atoms with E-state index in [4.69, 9.17) is 4.74 Å². The minimum atomic E-state index is 0.0434. The van der Waals surface area contributed by atoms with Crippen LogP contribution >= 0.6 is 0 Å². The van der Waals surface area contributed by atoms with Crippen molar-refractivity contribution >= 4 is 5.78 Å². The van der Waals surface area contributed by atoms with Crippen molar-refractivity contribution in [2.24, 2.45) is 5.92 Å². The van der Waals surface area contributed by atoms with Crippen LogP contribution in [0.3, 0.4) is 0 Å². The normalized spacial score (nSPS) is 20.1. The summed E-state index contributed by atoms with van der Waals surface area (Å²) in [4.78, 5) is 12.6. The molecule has 1 aliphatic heterocycles. The number of carbonyl (C=O) groups is 1. The lowest BCUT2D eigenvalue weighted by Gasteiger charge is -2.22. The number of piperidine rings is 1. The zero-order chi connectivity index (χ0) is 13.1. The molecule has 18 heavy (non-hydrogen) atoms. The van der Waals surface area contributed by atoms with Gasteiger partial charge in [0.1, 0.15) is 5.69 Å². The van der Waals surface area contributed by atoms with E-state index in [0.29, 0.717) is 11.4 Å². The third kappa shape index (κ3) is 2.41. The molecular weight excluding hydrogens is 230 g/mol. The summed E-state index contributed by atoms with van der Waals surface area (Å²) >= 11 is 0. The maximum Gasteiger partial charge on any atom is 0.189 e. The van der Waals surface area contributed by atoms with Gasteiger partial charge in [0.25, 0.3) is 0 Å². The fourth-order valence-electron chi connectivity index (χ4n) is 2.39. The largest absolute Gasteiger partial charge is 0.493 e. The van der Waals surface area contributed by atoms with Crippen molar-refractivity contribution in [3.63, 3.8) is 0 Å². The molecule has 100 valence electrons. The fraction of sp³-hybridized carbons (Fsp3) is 0.692. The van der Waals surface area contributed by atoms with E-state index in [2.05, 4.69) is 10.4 Å². The van der Waals surface area contributed by atoms with Crippen molar-refractivity contribution in [3.05, 3.63) is 11.9 Å². The second kappa shape index (κ2) is 5.52. The number of nitrogens with zero attached hydrogens (tertiary/aromatic N) is 2. The highest BCUT2D eigenvalue weighted by Gasteiger charge is 2.28. The van der Waals surface area contributed by atoms with Crippen molar-refractivity contribution in [1.82, 2.24) is 15.1 Å². The fourth-order valence-corrected chi connectivity index (χ4v) is 2.39. The standard InChI is InChI=1S/C13H21N3O2/c1-9(2)16-12(11(18-3)8-15-16)13(17)10-5-4-6-14-7-10/h8-10,14H,4-7H2,1-3H3. The maximum absolute atomic E-state index is 12.6. The lowest BCUT2D eigenvalue weighted by molar-refractivity contribution is 0.0883. The summed E-state index contributed by atoms with van der Waals surface area (Å²) in [5, 5.41) is 7.53. The molecule has 0 bridgehead atoms. The minimum Gasteiger partial charge on any atom is -0.493 e. The first-order valence-corrected chi connectivity index (χ1v) is 6.51. The second-order valence-electron chi connectivity index (χ2n) is 5.01. The molecule has 1 N–H and O–H groups in total. The van der Waals surface area contributed by atoms with Crippen molar-refractivity contribution < 1.29 is 9.53 Å². The molecule has 0 radical (unpaired) electrons. The van der Waals surface area contributed by atoms with Gasteiger partial charge >= 0.3 is 0 Å². The summed E-state index contributed by atoms with van der Waals surface area (Å²) in [6.07, 6.45) is 3.62. The van der Waals surface area contributed by atoms with E-state index in [0.717, 1.165) is 25.9 Å². The van der Waals surface area contributed by atoms with E-state index in [1.54, 1.807) is 18.0 Å². The molecule has 0 amide bonds. The van der Waals surface area contributed by atoms with Crippen LogP contribution in [0.4, 0.5) is 0 Å². The molecule has 5 heteroatoms. The number of methoxy groups -OCH3 is 1. The van der Waals surface area contributed by atoms with Crippen molar-refractivity contribution in [2.75, 3.05) is 20.2 Å². The first-order chi connectivity index (χ1) is 8.65. The Morgan fingerprint density at radius 2 is 2.39 bits per heavy atom. The summed E-state index contributed by atoms with van der Waals surface area (Å²) < 4.78 is 7.02. The molecule has 1 unspecified atom stereocenters. The molecule has 0 spiro atoms. The van der Waals surface area contributed by atoms with Crippen molar-refractivity contribution in [1.29, 1.82) is 0 Å². The lowest BCUT2D eigenvalue weighted by atomic mass is 9.93. The van der Waals surface area contributed by atoms with Crippen LogP contribution in [0, 0.1) is 5.92 Å².